The summed E-state index contributed by atoms with van der Waals surface area (Å²) in [4.78, 5) is 0. The summed E-state index contributed by atoms with van der Waals surface area (Å²) < 4.78 is 15.9. The molecule has 0 aromatic carbocycles. The molecule has 0 atom stereocenters. The number of rotatable bonds is 12. The second kappa shape index (κ2) is 9.73. The normalized spacial score (nSPS) is 17.7. The molecule has 18 heavy (non-hydrogen) atoms. The standard InChI is InChI=1S/C14H29NO3/c1-3-15-13-14(5-4-6-14)7-8-17-11-12-18-10-9-16-2/h15H,3-13H2,1-2H3. The molecule has 108 valence electrons. The molecule has 1 aliphatic rings. The number of methoxy groups -OCH3 is 1. The van der Waals surface area contributed by atoms with E-state index in [1.54, 1.807) is 7.11 Å². The predicted molar refractivity (Wildman–Crippen MR) is 73.0 cm³/mol. The fourth-order valence-electron chi connectivity index (χ4n) is 2.34. The van der Waals surface area contributed by atoms with Crippen molar-refractivity contribution in [3.8, 4) is 0 Å². The lowest BCUT2D eigenvalue weighted by molar-refractivity contribution is 0.00606. The van der Waals surface area contributed by atoms with Gasteiger partial charge < -0.3 is 19.5 Å². The van der Waals surface area contributed by atoms with Crippen LogP contribution in [0.25, 0.3) is 0 Å². The van der Waals surface area contributed by atoms with Crippen molar-refractivity contribution in [3.05, 3.63) is 0 Å². The Labute approximate surface area is 111 Å². The number of hydrogen-bond donors (Lipinski definition) is 1. The molecule has 1 N–H and O–H groups in total. The van der Waals surface area contributed by atoms with E-state index < -0.39 is 0 Å². The summed E-state index contributed by atoms with van der Waals surface area (Å²) in [5.74, 6) is 0. The second-order valence-electron chi connectivity index (χ2n) is 5.10. The van der Waals surface area contributed by atoms with E-state index in [0.29, 0.717) is 31.8 Å². The first-order chi connectivity index (χ1) is 8.83. The molecule has 0 amide bonds. The van der Waals surface area contributed by atoms with Crippen LogP contribution in [-0.4, -0.2) is 53.2 Å². The number of nitrogens with one attached hydrogen (secondary N) is 1. The Kier molecular flexibility index (Phi) is 8.59. The van der Waals surface area contributed by atoms with Gasteiger partial charge in [0.25, 0.3) is 0 Å². The van der Waals surface area contributed by atoms with Crippen LogP contribution in [0.3, 0.4) is 0 Å². The van der Waals surface area contributed by atoms with Crippen molar-refractivity contribution in [2.45, 2.75) is 32.6 Å². The van der Waals surface area contributed by atoms with E-state index in [-0.39, 0.29) is 0 Å². The zero-order valence-electron chi connectivity index (χ0n) is 12.0. The molecule has 0 aromatic rings. The molecule has 0 radical (unpaired) electrons. The molecule has 1 fully saturated rings. The highest BCUT2D eigenvalue weighted by atomic mass is 16.5. The van der Waals surface area contributed by atoms with Crippen LogP contribution in [0.5, 0.6) is 0 Å². The molecular weight excluding hydrogens is 230 g/mol. The summed E-state index contributed by atoms with van der Waals surface area (Å²) in [6.45, 7) is 7.92. The lowest BCUT2D eigenvalue weighted by Gasteiger charge is -2.42. The lowest BCUT2D eigenvalue weighted by Crippen LogP contribution is -2.40. The van der Waals surface area contributed by atoms with Crippen molar-refractivity contribution in [1.82, 2.24) is 5.32 Å². The smallest absolute Gasteiger partial charge is 0.0701 e. The van der Waals surface area contributed by atoms with Crippen molar-refractivity contribution in [3.63, 3.8) is 0 Å². The fraction of sp³-hybridized carbons (Fsp3) is 1.00. The van der Waals surface area contributed by atoms with Crippen molar-refractivity contribution < 1.29 is 14.2 Å². The van der Waals surface area contributed by atoms with E-state index in [1.165, 1.54) is 25.7 Å². The quantitative estimate of drug-likeness (QED) is 0.543. The molecule has 1 saturated carbocycles. The zero-order chi connectivity index (χ0) is 13.1. The van der Waals surface area contributed by atoms with Crippen LogP contribution in [0.4, 0.5) is 0 Å². The third kappa shape index (κ3) is 6.14. The van der Waals surface area contributed by atoms with E-state index in [0.717, 1.165) is 19.7 Å². The highest BCUT2D eigenvalue weighted by molar-refractivity contribution is 4.89. The van der Waals surface area contributed by atoms with Gasteiger partial charge in [-0.25, -0.2) is 0 Å². The van der Waals surface area contributed by atoms with Crippen LogP contribution in [0.2, 0.25) is 0 Å². The summed E-state index contributed by atoms with van der Waals surface area (Å²) in [5.41, 5.74) is 0.521. The van der Waals surface area contributed by atoms with Crippen LogP contribution in [-0.2, 0) is 14.2 Å². The van der Waals surface area contributed by atoms with Crippen molar-refractivity contribution in [2.24, 2.45) is 5.41 Å². The minimum absolute atomic E-state index is 0.521. The molecule has 4 heteroatoms. The first kappa shape index (κ1) is 15.9. The predicted octanol–water partition coefficient (Wildman–Crippen LogP) is 1.84. The molecule has 1 aliphatic carbocycles. The first-order valence-electron chi connectivity index (χ1n) is 7.18. The van der Waals surface area contributed by atoms with Crippen LogP contribution in [0.15, 0.2) is 0 Å². The highest BCUT2D eigenvalue weighted by Crippen LogP contribution is 2.43. The van der Waals surface area contributed by atoms with E-state index in [4.69, 9.17) is 14.2 Å². The Bertz CT molecular complexity index is 195. The van der Waals surface area contributed by atoms with Gasteiger partial charge in [-0.1, -0.05) is 13.3 Å². The van der Waals surface area contributed by atoms with Crippen molar-refractivity contribution in [2.75, 3.05) is 53.2 Å². The lowest BCUT2D eigenvalue weighted by atomic mass is 9.67. The molecule has 0 bridgehead atoms. The zero-order valence-corrected chi connectivity index (χ0v) is 12.0. The van der Waals surface area contributed by atoms with Crippen LogP contribution < -0.4 is 5.32 Å². The maximum Gasteiger partial charge on any atom is 0.0701 e. The monoisotopic (exact) mass is 259 g/mol. The molecule has 4 nitrogen and oxygen atoms in total. The van der Waals surface area contributed by atoms with Gasteiger partial charge >= 0.3 is 0 Å². The van der Waals surface area contributed by atoms with Crippen molar-refractivity contribution >= 4 is 0 Å². The molecular formula is C14H29NO3. The van der Waals surface area contributed by atoms with Gasteiger partial charge in [-0.2, -0.15) is 0 Å². The topological polar surface area (TPSA) is 39.7 Å². The second-order valence-corrected chi connectivity index (χ2v) is 5.10. The van der Waals surface area contributed by atoms with Crippen LogP contribution in [0, 0.1) is 5.41 Å². The van der Waals surface area contributed by atoms with Gasteiger partial charge in [-0.15, -0.1) is 0 Å². The first-order valence-corrected chi connectivity index (χ1v) is 7.18. The Morgan fingerprint density at radius 2 is 1.67 bits per heavy atom. The van der Waals surface area contributed by atoms with Gasteiger partial charge in [-0.05, 0) is 31.2 Å². The van der Waals surface area contributed by atoms with Crippen LogP contribution >= 0.6 is 0 Å². The van der Waals surface area contributed by atoms with Gasteiger partial charge in [0, 0.05) is 20.3 Å². The average Bonchev–Trinajstić information content (AvgIpc) is 2.34. The van der Waals surface area contributed by atoms with E-state index in [1.807, 2.05) is 0 Å². The summed E-state index contributed by atoms with van der Waals surface area (Å²) in [6, 6.07) is 0. The Morgan fingerprint density at radius 3 is 2.22 bits per heavy atom. The maximum absolute atomic E-state index is 5.63. The maximum atomic E-state index is 5.63. The summed E-state index contributed by atoms with van der Waals surface area (Å²) >= 11 is 0. The fourth-order valence-corrected chi connectivity index (χ4v) is 2.34. The summed E-state index contributed by atoms with van der Waals surface area (Å²) in [7, 11) is 1.68. The molecule has 0 saturated heterocycles. The summed E-state index contributed by atoms with van der Waals surface area (Å²) in [6.07, 6.45) is 5.27. The van der Waals surface area contributed by atoms with E-state index in [2.05, 4.69) is 12.2 Å². The molecule has 1 rings (SSSR count). The minimum atomic E-state index is 0.521. The van der Waals surface area contributed by atoms with Gasteiger partial charge in [0.15, 0.2) is 0 Å². The van der Waals surface area contributed by atoms with Crippen molar-refractivity contribution in [1.29, 1.82) is 0 Å². The number of ether oxygens (including phenoxy) is 3. The molecule has 0 spiro atoms. The number of hydrogen-bond acceptors (Lipinski definition) is 4. The minimum Gasteiger partial charge on any atom is -0.382 e. The Morgan fingerprint density at radius 1 is 1.00 bits per heavy atom. The SMILES string of the molecule is CCNCC1(CCOCCOCCOC)CCC1. The van der Waals surface area contributed by atoms with Gasteiger partial charge in [-0.3, -0.25) is 0 Å². The highest BCUT2D eigenvalue weighted by Gasteiger charge is 2.35. The molecule has 0 heterocycles. The van der Waals surface area contributed by atoms with E-state index in [9.17, 15) is 0 Å². The Balaban J connectivity index is 1.92. The third-order valence-electron chi connectivity index (χ3n) is 3.74. The van der Waals surface area contributed by atoms with Gasteiger partial charge in [0.1, 0.15) is 0 Å². The Hall–Kier alpha value is -0.160. The van der Waals surface area contributed by atoms with Gasteiger partial charge in [0.2, 0.25) is 0 Å². The molecule has 0 unspecified atom stereocenters. The molecule has 0 aliphatic heterocycles. The largest absolute Gasteiger partial charge is 0.382 e. The van der Waals surface area contributed by atoms with E-state index >= 15 is 0 Å². The average molecular weight is 259 g/mol. The third-order valence-corrected chi connectivity index (χ3v) is 3.74. The van der Waals surface area contributed by atoms with Gasteiger partial charge in [0.05, 0.1) is 26.4 Å². The summed E-state index contributed by atoms with van der Waals surface area (Å²) in [5, 5.41) is 3.47. The van der Waals surface area contributed by atoms with Crippen LogP contribution in [0.1, 0.15) is 32.6 Å². The molecule has 0 aromatic heterocycles.